The van der Waals surface area contributed by atoms with Crippen LogP contribution in [0.15, 0.2) is 16.8 Å². The molecule has 2 atom stereocenters. The minimum atomic E-state index is -0.571. The molecule has 2 rings (SSSR count). The van der Waals surface area contributed by atoms with Crippen molar-refractivity contribution in [2.45, 2.75) is 18.8 Å². The average molecular weight is 199 g/mol. The lowest BCUT2D eigenvalue weighted by Crippen LogP contribution is -2.22. The standard InChI is InChI=1S/C9H13NO2S/c11-8-4-10(5-9(8)12)3-7-1-2-13-6-7/h1-2,6,8-9,11-12H,3-5H2/t8-,9+. The Balaban J connectivity index is 1.91. The molecule has 4 heteroatoms. The Morgan fingerprint density at radius 3 is 2.62 bits per heavy atom. The van der Waals surface area contributed by atoms with Gasteiger partial charge in [0.15, 0.2) is 0 Å². The van der Waals surface area contributed by atoms with Gasteiger partial charge in [0, 0.05) is 19.6 Å². The molecule has 0 spiro atoms. The Bertz CT molecular complexity index is 253. The SMILES string of the molecule is O[C@@H]1CN(Cc2ccsc2)C[C@@H]1O. The lowest BCUT2D eigenvalue weighted by Gasteiger charge is -2.12. The summed E-state index contributed by atoms with van der Waals surface area (Å²) in [5.74, 6) is 0. The van der Waals surface area contributed by atoms with E-state index in [1.807, 2.05) is 5.38 Å². The normalized spacial score (nSPS) is 29.7. The first kappa shape index (κ1) is 9.15. The summed E-state index contributed by atoms with van der Waals surface area (Å²) in [6.07, 6.45) is -1.14. The topological polar surface area (TPSA) is 43.7 Å². The number of likely N-dealkylation sites (tertiary alicyclic amines) is 1. The number of thiophene rings is 1. The fourth-order valence-electron chi connectivity index (χ4n) is 1.62. The second kappa shape index (κ2) is 3.75. The minimum Gasteiger partial charge on any atom is -0.389 e. The van der Waals surface area contributed by atoms with Crippen LogP contribution in [0, 0.1) is 0 Å². The lowest BCUT2D eigenvalue weighted by atomic mass is 10.3. The summed E-state index contributed by atoms with van der Waals surface area (Å²) in [6, 6.07) is 2.07. The van der Waals surface area contributed by atoms with Crippen LogP contribution in [0.1, 0.15) is 5.56 Å². The fraction of sp³-hybridized carbons (Fsp3) is 0.556. The average Bonchev–Trinajstić information content (AvgIpc) is 2.64. The maximum atomic E-state index is 9.31. The summed E-state index contributed by atoms with van der Waals surface area (Å²) in [5.41, 5.74) is 1.26. The van der Waals surface area contributed by atoms with E-state index in [2.05, 4.69) is 16.3 Å². The van der Waals surface area contributed by atoms with E-state index in [4.69, 9.17) is 0 Å². The Morgan fingerprint density at radius 1 is 1.38 bits per heavy atom. The van der Waals surface area contributed by atoms with Gasteiger partial charge in [-0.1, -0.05) is 0 Å². The molecule has 0 amide bonds. The van der Waals surface area contributed by atoms with E-state index in [9.17, 15) is 10.2 Å². The summed E-state index contributed by atoms with van der Waals surface area (Å²) < 4.78 is 0. The summed E-state index contributed by atoms with van der Waals surface area (Å²) >= 11 is 1.67. The summed E-state index contributed by atoms with van der Waals surface area (Å²) in [6.45, 7) is 1.99. The molecule has 1 saturated heterocycles. The molecule has 0 aromatic carbocycles. The van der Waals surface area contributed by atoms with Crippen molar-refractivity contribution in [2.24, 2.45) is 0 Å². The van der Waals surface area contributed by atoms with Crippen molar-refractivity contribution < 1.29 is 10.2 Å². The number of β-amino-alcohol motifs (C(OH)–C–C–N with tert-alkyl or cyclic N) is 2. The third kappa shape index (κ3) is 2.08. The van der Waals surface area contributed by atoms with Crippen LogP contribution in [0.4, 0.5) is 0 Å². The number of hydrogen-bond acceptors (Lipinski definition) is 4. The number of aliphatic hydroxyl groups excluding tert-OH is 2. The molecule has 0 aliphatic carbocycles. The van der Waals surface area contributed by atoms with E-state index >= 15 is 0 Å². The zero-order valence-electron chi connectivity index (χ0n) is 7.26. The number of aliphatic hydroxyl groups is 2. The van der Waals surface area contributed by atoms with Crippen LogP contribution < -0.4 is 0 Å². The molecule has 1 aliphatic heterocycles. The van der Waals surface area contributed by atoms with E-state index in [1.54, 1.807) is 11.3 Å². The van der Waals surface area contributed by atoms with Gasteiger partial charge < -0.3 is 10.2 Å². The highest BCUT2D eigenvalue weighted by atomic mass is 32.1. The van der Waals surface area contributed by atoms with Crippen molar-refractivity contribution in [1.82, 2.24) is 4.90 Å². The summed E-state index contributed by atoms with van der Waals surface area (Å²) in [4.78, 5) is 2.07. The van der Waals surface area contributed by atoms with Crippen molar-refractivity contribution in [3.63, 3.8) is 0 Å². The third-order valence-corrected chi connectivity index (χ3v) is 3.05. The van der Waals surface area contributed by atoms with Crippen molar-refractivity contribution in [2.75, 3.05) is 13.1 Å². The Kier molecular flexibility index (Phi) is 2.64. The number of rotatable bonds is 2. The lowest BCUT2D eigenvalue weighted by molar-refractivity contribution is 0.0572. The first-order valence-corrected chi connectivity index (χ1v) is 5.29. The van der Waals surface area contributed by atoms with Crippen LogP contribution in [0.3, 0.4) is 0 Å². The molecule has 0 unspecified atom stereocenters. The largest absolute Gasteiger partial charge is 0.389 e. The minimum absolute atomic E-state index is 0.571. The predicted molar refractivity (Wildman–Crippen MR) is 51.6 cm³/mol. The molecule has 2 N–H and O–H groups in total. The maximum absolute atomic E-state index is 9.31. The fourth-order valence-corrected chi connectivity index (χ4v) is 2.28. The zero-order chi connectivity index (χ0) is 9.26. The molecule has 2 heterocycles. The molecule has 1 aromatic heterocycles. The number of hydrogen-bond donors (Lipinski definition) is 2. The Hall–Kier alpha value is -0.420. The van der Waals surface area contributed by atoms with Crippen molar-refractivity contribution in [3.8, 4) is 0 Å². The second-order valence-corrected chi connectivity index (χ2v) is 4.24. The molecule has 3 nitrogen and oxygen atoms in total. The first-order chi connectivity index (χ1) is 6.25. The van der Waals surface area contributed by atoms with Gasteiger partial charge in [-0.2, -0.15) is 11.3 Å². The van der Waals surface area contributed by atoms with Crippen molar-refractivity contribution in [3.05, 3.63) is 22.4 Å². The smallest absolute Gasteiger partial charge is 0.0938 e. The molecule has 1 aliphatic rings. The Labute approximate surface area is 81.2 Å². The van der Waals surface area contributed by atoms with E-state index in [-0.39, 0.29) is 0 Å². The molecule has 0 saturated carbocycles. The van der Waals surface area contributed by atoms with Gasteiger partial charge in [0.25, 0.3) is 0 Å². The van der Waals surface area contributed by atoms with Gasteiger partial charge in [0.2, 0.25) is 0 Å². The molecule has 13 heavy (non-hydrogen) atoms. The molecule has 0 radical (unpaired) electrons. The quantitative estimate of drug-likeness (QED) is 0.719. The Morgan fingerprint density at radius 2 is 2.08 bits per heavy atom. The molecular weight excluding hydrogens is 186 g/mol. The first-order valence-electron chi connectivity index (χ1n) is 4.35. The van der Waals surface area contributed by atoms with Gasteiger partial charge in [-0.15, -0.1) is 0 Å². The van der Waals surface area contributed by atoms with E-state index in [1.165, 1.54) is 5.56 Å². The zero-order valence-corrected chi connectivity index (χ0v) is 8.07. The van der Waals surface area contributed by atoms with Gasteiger partial charge in [-0.3, -0.25) is 4.90 Å². The molecule has 72 valence electrons. The predicted octanol–water partition coefficient (Wildman–Crippen LogP) is 0.285. The van der Waals surface area contributed by atoms with Gasteiger partial charge in [-0.05, 0) is 22.4 Å². The molecule has 1 fully saturated rings. The second-order valence-electron chi connectivity index (χ2n) is 3.46. The van der Waals surface area contributed by atoms with Crippen LogP contribution in [0.5, 0.6) is 0 Å². The molecule has 1 aromatic rings. The molecular formula is C9H13NO2S. The van der Waals surface area contributed by atoms with Crippen LogP contribution in [-0.2, 0) is 6.54 Å². The van der Waals surface area contributed by atoms with Gasteiger partial charge in [-0.25, -0.2) is 0 Å². The van der Waals surface area contributed by atoms with Crippen LogP contribution >= 0.6 is 11.3 Å². The molecule has 0 bridgehead atoms. The monoisotopic (exact) mass is 199 g/mol. The van der Waals surface area contributed by atoms with Crippen molar-refractivity contribution >= 4 is 11.3 Å². The highest BCUT2D eigenvalue weighted by Crippen LogP contribution is 2.15. The van der Waals surface area contributed by atoms with E-state index in [0.29, 0.717) is 13.1 Å². The summed E-state index contributed by atoms with van der Waals surface area (Å²) in [5, 5.41) is 22.7. The van der Waals surface area contributed by atoms with E-state index in [0.717, 1.165) is 6.54 Å². The number of nitrogens with zero attached hydrogens (tertiary/aromatic N) is 1. The van der Waals surface area contributed by atoms with Crippen LogP contribution in [0.25, 0.3) is 0 Å². The van der Waals surface area contributed by atoms with E-state index < -0.39 is 12.2 Å². The van der Waals surface area contributed by atoms with Crippen molar-refractivity contribution in [1.29, 1.82) is 0 Å². The van der Waals surface area contributed by atoms with Crippen LogP contribution in [0.2, 0.25) is 0 Å². The summed E-state index contributed by atoms with van der Waals surface area (Å²) in [7, 11) is 0. The highest BCUT2D eigenvalue weighted by Gasteiger charge is 2.29. The third-order valence-electron chi connectivity index (χ3n) is 2.32. The van der Waals surface area contributed by atoms with Crippen LogP contribution in [-0.4, -0.2) is 40.4 Å². The van der Waals surface area contributed by atoms with Gasteiger partial charge in [0.1, 0.15) is 0 Å². The van der Waals surface area contributed by atoms with Gasteiger partial charge >= 0.3 is 0 Å². The highest BCUT2D eigenvalue weighted by molar-refractivity contribution is 7.07. The maximum Gasteiger partial charge on any atom is 0.0938 e. The van der Waals surface area contributed by atoms with Gasteiger partial charge in [0.05, 0.1) is 12.2 Å².